The molecule has 1 amide bonds. The normalized spacial score (nSPS) is 13.2. The summed E-state index contributed by atoms with van der Waals surface area (Å²) >= 11 is 8.92. The predicted molar refractivity (Wildman–Crippen MR) is 119 cm³/mol. The van der Waals surface area contributed by atoms with Gasteiger partial charge in [0.1, 0.15) is 0 Å². The molecule has 1 aliphatic heterocycles. The van der Waals surface area contributed by atoms with E-state index in [2.05, 4.69) is 20.8 Å². The van der Waals surface area contributed by atoms with Crippen LogP contribution < -0.4 is 20.1 Å². The van der Waals surface area contributed by atoms with E-state index in [1.54, 1.807) is 0 Å². The van der Waals surface area contributed by atoms with E-state index in [-0.39, 0.29) is 18.0 Å². The summed E-state index contributed by atoms with van der Waals surface area (Å²) in [4.78, 5) is 12.5. The number of fused-ring (bicyclic) bond motifs is 1. The first kappa shape index (κ1) is 20.8. The smallest absolute Gasteiger partial charge is 0.233 e. The predicted octanol–water partition coefficient (Wildman–Crippen LogP) is 4.77. The van der Waals surface area contributed by atoms with Gasteiger partial charge in [-0.05, 0) is 49.2 Å². The molecule has 1 unspecified atom stereocenters. The number of thioether (sulfide) groups is 1. The monoisotopic (exact) mass is 462 g/mol. The average molecular weight is 463 g/mol. The zero-order chi connectivity index (χ0) is 21.1. The van der Waals surface area contributed by atoms with Crippen molar-refractivity contribution in [2.75, 3.05) is 12.1 Å². The molecule has 1 aliphatic rings. The minimum Gasteiger partial charge on any atom is -0.454 e. The molecule has 1 aromatic heterocycles. The zero-order valence-electron chi connectivity index (χ0n) is 16.3. The van der Waals surface area contributed by atoms with E-state index in [0.29, 0.717) is 26.8 Å². The number of ether oxygens (including phenoxy) is 2. The van der Waals surface area contributed by atoms with Crippen molar-refractivity contribution in [3.63, 3.8) is 0 Å². The SMILES string of the molecule is Cc1c(Cl)cccc1Nc1nnc(SC(C)C(=O)NCc2ccc3c(c2)OCO3)s1. The first-order valence-electron chi connectivity index (χ1n) is 9.18. The number of carbonyl (C=O) groups excluding carboxylic acids is 1. The van der Waals surface area contributed by atoms with Crippen LogP contribution in [0.3, 0.4) is 0 Å². The highest BCUT2D eigenvalue weighted by Crippen LogP contribution is 2.33. The molecule has 0 saturated heterocycles. The van der Waals surface area contributed by atoms with Crippen LogP contribution in [0.25, 0.3) is 0 Å². The summed E-state index contributed by atoms with van der Waals surface area (Å²) in [5.41, 5.74) is 2.77. The molecular weight excluding hydrogens is 444 g/mol. The van der Waals surface area contributed by atoms with Crippen LogP contribution in [0.1, 0.15) is 18.1 Å². The van der Waals surface area contributed by atoms with E-state index in [1.807, 2.05) is 50.2 Å². The fraction of sp³-hybridized carbons (Fsp3) is 0.250. The number of nitrogens with one attached hydrogen (secondary N) is 2. The first-order valence-corrected chi connectivity index (χ1v) is 11.3. The van der Waals surface area contributed by atoms with Crippen LogP contribution in [0, 0.1) is 6.92 Å². The summed E-state index contributed by atoms with van der Waals surface area (Å²) in [7, 11) is 0. The van der Waals surface area contributed by atoms with E-state index in [9.17, 15) is 4.79 Å². The Labute approximate surface area is 187 Å². The van der Waals surface area contributed by atoms with Gasteiger partial charge in [0.15, 0.2) is 15.8 Å². The molecule has 0 spiro atoms. The molecular formula is C20H19ClN4O3S2. The maximum atomic E-state index is 12.5. The lowest BCUT2D eigenvalue weighted by molar-refractivity contribution is -0.120. The summed E-state index contributed by atoms with van der Waals surface area (Å²) < 4.78 is 11.4. The zero-order valence-corrected chi connectivity index (χ0v) is 18.7. The second kappa shape index (κ2) is 9.11. The largest absolute Gasteiger partial charge is 0.454 e. The maximum absolute atomic E-state index is 12.5. The molecule has 0 aliphatic carbocycles. The highest BCUT2D eigenvalue weighted by Gasteiger charge is 2.18. The Balaban J connectivity index is 1.31. The molecule has 2 heterocycles. The molecule has 30 heavy (non-hydrogen) atoms. The first-order chi connectivity index (χ1) is 14.5. The summed E-state index contributed by atoms with van der Waals surface area (Å²) in [6.07, 6.45) is 0. The van der Waals surface area contributed by atoms with Gasteiger partial charge in [0.05, 0.1) is 5.25 Å². The van der Waals surface area contributed by atoms with Crippen molar-refractivity contribution in [2.45, 2.75) is 30.0 Å². The number of halogens is 1. The van der Waals surface area contributed by atoms with Crippen LogP contribution in [-0.4, -0.2) is 28.1 Å². The van der Waals surface area contributed by atoms with Crippen LogP contribution >= 0.6 is 34.7 Å². The van der Waals surface area contributed by atoms with Crippen molar-refractivity contribution < 1.29 is 14.3 Å². The van der Waals surface area contributed by atoms with E-state index >= 15 is 0 Å². The van der Waals surface area contributed by atoms with Gasteiger partial charge in [-0.1, -0.05) is 46.8 Å². The number of hydrogen-bond acceptors (Lipinski definition) is 8. The van der Waals surface area contributed by atoms with E-state index in [1.165, 1.54) is 23.1 Å². The molecule has 0 bridgehead atoms. The third-order valence-corrected chi connectivity index (χ3v) is 6.90. The number of amides is 1. The van der Waals surface area contributed by atoms with Gasteiger partial charge < -0.3 is 20.1 Å². The highest BCUT2D eigenvalue weighted by atomic mass is 35.5. The number of benzene rings is 2. The van der Waals surface area contributed by atoms with Gasteiger partial charge in [-0.3, -0.25) is 4.79 Å². The Morgan fingerprint density at radius 3 is 2.97 bits per heavy atom. The second-order valence-electron chi connectivity index (χ2n) is 6.58. The second-order valence-corrected chi connectivity index (χ2v) is 9.55. The van der Waals surface area contributed by atoms with Crippen LogP contribution in [-0.2, 0) is 11.3 Å². The Morgan fingerprint density at radius 2 is 2.10 bits per heavy atom. The molecule has 0 radical (unpaired) electrons. The number of rotatable bonds is 7. The standard InChI is InChI=1S/C20H19ClN4O3S2/c1-11-14(21)4-3-5-15(11)23-19-24-25-20(30-19)29-12(2)18(26)22-9-13-6-7-16-17(8-13)28-10-27-16/h3-8,12H,9-10H2,1-2H3,(H,22,26)(H,23,24). The molecule has 0 fully saturated rings. The molecule has 2 aromatic carbocycles. The number of anilines is 2. The van der Waals surface area contributed by atoms with Crippen molar-refractivity contribution in [3.05, 3.63) is 52.5 Å². The molecule has 10 heteroatoms. The van der Waals surface area contributed by atoms with Crippen LogP contribution in [0.15, 0.2) is 40.7 Å². The number of carbonyl (C=O) groups is 1. The molecule has 2 N–H and O–H groups in total. The van der Waals surface area contributed by atoms with E-state index in [4.69, 9.17) is 21.1 Å². The molecule has 3 aromatic rings. The van der Waals surface area contributed by atoms with Crippen LogP contribution in [0.4, 0.5) is 10.8 Å². The van der Waals surface area contributed by atoms with Crippen molar-refractivity contribution in [3.8, 4) is 11.5 Å². The summed E-state index contributed by atoms with van der Waals surface area (Å²) in [5.74, 6) is 1.35. The van der Waals surface area contributed by atoms with Crippen molar-refractivity contribution in [2.24, 2.45) is 0 Å². The summed E-state index contributed by atoms with van der Waals surface area (Å²) in [6, 6.07) is 11.3. The Bertz CT molecular complexity index is 1080. The van der Waals surface area contributed by atoms with Gasteiger partial charge in [-0.25, -0.2) is 0 Å². The maximum Gasteiger partial charge on any atom is 0.233 e. The molecule has 1 atom stereocenters. The van der Waals surface area contributed by atoms with E-state index in [0.717, 1.165) is 22.6 Å². The Kier molecular flexibility index (Phi) is 6.31. The fourth-order valence-electron chi connectivity index (χ4n) is 2.75. The quantitative estimate of drug-likeness (QED) is 0.489. The van der Waals surface area contributed by atoms with Crippen molar-refractivity contribution in [1.29, 1.82) is 0 Å². The highest BCUT2D eigenvalue weighted by molar-refractivity contribution is 8.02. The molecule has 7 nitrogen and oxygen atoms in total. The topological polar surface area (TPSA) is 85.4 Å². The van der Waals surface area contributed by atoms with Gasteiger partial charge in [0, 0.05) is 17.3 Å². The van der Waals surface area contributed by atoms with Crippen molar-refractivity contribution >= 4 is 51.4 Å². The minimum atomic E-state index is -0.312. The van der Waals surface area contributed by atoms with Gasteiger partial charge in [0.25, 0.3) is 0 Å². The third kappa shape index (κ3) is 4.80. The summed E-state index contributed by atoms with van der Waals surface area (Å²) in [5, 5.41) is 15.5. The third-order valence-electron chi connectivity index (χ3n) is 4.47. The Morgan fingerprint density at radius 1 is 1.27 bits per heavy atom. The molecule has 0 saturated carbocycles. The van der Waals surface area contributed by atoms with Gasteiger partial charge in [0.2, 0.25) is 17.8 Å². The lowest BCUT2D eigenvalue weighted by Gasteiger charge is -2.10. The van der Waals surface area contributed by atoms with Gasteiger partial charge in [-0.15, -0.1) is 10.2 Å². The summed E-state index contributed by atoms with van der Waals surface area (Å²) in [6.45, 7) is 4.43. The Hall–Kier alpha value is -2.49. The van der Waals surface area contributed by atoms with Gasteiger partial charge >= 0.3 is 0 Å². The molecule has 4 rings (SSSR count). The lowest BCUT2D eigenvalue weighted by Crippen LogP contribution is -2.30. The lowest BCUT2D eigenvalue weighted by atomic mass is 10.2. The number of hydrogen-bond donors (Lipinski definition) is 2. The fourth-order valence-corrected chi connectivity index (χ4v) is 4.86. The van der Waals surface area contributed by atoms with E-state index < -0.39 is 0 Å². The minimum absolute atomic E-state index is 0.0759. The van der Waals surface area contributed by atoms with Gasteiger partial charge in [-0.2, -0.15) is 0 Å². The average Bonchev–Trinajstić information content (AvgIpc) is 3.38. The molecule has 156 valence electrons. The van der Waals surface area contributed by atoms with Crippen molar-refractivity contribution in [1.82, 2.24) is 15.5 Å². The number of aromatic nitrogens is 2. The number of nitrogens with zero attached hydrogens (tertiary/aromatic N) is 2. The van der Waals surface area contributed by atoms with Crippen LogP contribution in [0.2, 0.25) is 5.02 Å². The van der Waals surface area contributed by atoms with Crippen LogP contribution in [0.5, 0.6) is 11.5 Å².